The van der Waals surface area contributed by atoms with Crippen molar-refractivity contribution in [1.82, 2.24) is 9.13 Å². The van der Waals surface area contributed by atoms with Gasteiger partial charge in [0.05, 0.1) is 24.4 Å². The second-order valence-electron chi connectivity index (χ2n) is 9.10. The second-order valence-corrected chi connectivity index (χ2v) is 11.0. The van der Waals surface area contributed by atoms with E-state index in [0.29, 0.717) is 23.0 Å². The van der Waals surface area contributed by atoms with Gasteiger partial charge in [-0.3, -0.25) is 18.7 Å². The summed E-state index contributed by atoms with van der Waals surface area (Å²) < 4.78 is 31.9. The molecule has 0 saturated carbocycles. The van der Waals surface area contributed by atoms with Crippen molar-refractivity contribution in [2.75, 3.05) is 6.35 Å². The first kappa shape index (κ1) is 27.0. The summed E-state index contributed by atoms with van der Waals surface area (Å²) >= 11 is 0. The number of nitrogens with zero attached hydrogens (tertiary/aromatic N) is 2. The fourth-order valence-electron chi connectivity index (χ4n) is 3.89. The number of hydrogen-bond acceptors (Lipinski definition) is 7. The molecule has 0 saturated heterocycles. The lowest BCUT2D eigenvalue weighted by Gasteiger charge is -2.27. The number of aryl methyl sites for hydroxylation is 1. The van der Waals surface area contributed by atoms with Gasteiger partial charge in [-0.25, -0.2) is 4.79 Å². The Morgan fingerprint density at radius 1 is 1.03 bits per heavy atom. The highest BCUT2D eigenvalue weighted by molar-refractivity contribution is 7.53. The Balaban J connectivity index is 1.79. The maximum Gasteiger partial charge on any atom is 0.356 e. The molecule has 190 valence electrons. The summed E-state index contributed by atoms with van der Waals surface area (Å²) in [6.45, 7) is 8.70. The molecular weight excluding hydrogens is 471 g/mol. The van der Waals surface area contributed by atoms with Gasteiger partial charge in [0, 0.05) is 17.3 Å². The zero-order chi connectivity index (χ0) is 25.8. The lowest BCUT2D eigenvalue weighted by molar-refractivity contribution is 0.0667. The van der Waals surface area contributed by atoms with Gasteiger partial charge >= 0.3 is 13.3 Å². The Bertz CT molecular complexity index is 1220. The number of rotatable bonds is 9. The number of aromatic nitrogens is 2. The first-order valence-electron chi connectivity index (χ1n) is 11.7. The Morgan fingerprint density at radius 2 is 1.66 bits per heavy atom. The third-order valence-electron chi connectivity index (χ3n) is 5.35. The highest BCUT2D eigenvalue weighted by Gasteiger charge is 2.30. The van der Waals surface area contributed by atoms with Gasteiger partial charge in [0.1, 0.15) is 6.35 Å². The molecule has 35 heavy (non-hydrogen) atoms. The van der Waals surface area contributed by atoms with Crippen LogP contribution in [0.2, 0.25) is 0 Å². The summed E-state index contributed by atoms with van der Waals surface area (Å²) in [4.78, 5) is 38.8. The van der Waals surface area contributed by atoms with E-state index in [2.05, 4.69) is 0 Å². The lowest BCUT2D eigenvalue weighted by Crippen LogP contribution is -2.45. The average molecular weight is 505 g/mol. The molecule has 0 bridgehead atoms. The van der Waals surface area contributed by atoms with Crippen molar-refractivity contribution in [3.8, 4) is 0 Å². The molecule has 10 heteroatoms. The van der Waals surface area contributed by atoms with Crippen LogP contribution >= 0.6 is 7.60 Å². The molecule has 0 amide bonds. The van der Waals surface area contributed by atoms with Gasteiger partial charge in [-0.1, -0.05) is 30.4 Å². The zero-order valence-electron chi connectivity index (χ0n) is 20.7. The highest BCUT2D eigenvalue weighted by atomic mass is 31.2. The van der Waals surface area contributed by atoms with E-state index in [4.69, 9.17) is 13.8 Å². The van der Waals surface area contributed by atoms with E-state index >= 15 is 0 Å². The van der Waals surface area contributed by atoms with E-state index in [0.717, 1.165) is 0 Å². The molecule has 0 spiro atoms. The Labute approximate surface area is 204 Å². The van der Waals surface area contributed by atoms with Gasteiger partial charge < -0.3 is 13.8 Å². The summed E-state index contributed by atoms with van der Waals surface area (Å²) in [5.74, 6) is -0.662. The van der Waals surface area contributed by atoms with Crippen LogP contribution in [0.3, 0.4) is 0 Å². The molecule has 0 N–H and O–H groups in total. The Morgan fingerprint density at radius 3 is 2.20 bits per heavy atom. The van der Waals surface area contributed by atoms with Crippen molar-refractivity contribution in [1.29, 1.82) is 0 Å². The van der Waals surface area contributed by atoms with E-state index in [1.807, 2.05) is 0 Å². The van der Waals surface area contributed by atoms with Crippen LogP contribution in [0, 0.1) is 6.92 Å². The third kappa shape index (κ3) is 6.76. The van der Waals surface area contributed by atoms with E-state index in [1.165, 1.54) is 10.8 Å². The summed E-state index contributed by atoms with van der Waals surface area (Å²) in [5, 5.41) is 0. The van der Waals surface area contributed by atoms with Gasteiger partial charge in [0.15, 0.2) is 0 Å². The lowest BCUT2D eigenvalue weighted by atomic mass is 10.0. The van der Waals surface area contributed by atoms with Crippen LogP contribution in [0.1, 0.15) is 62.5 Å². The maximum absolute atomic E-state index is 13.2. The zero-order valence-corrected chi connectivity index (χ0v) is 21.6. The van der Waals surface area contributed by atoms with Crippen LogP contribution in [0.5, 0.6) is 0 Å². The fourth-order valence-corrected chi connectivity index (χ4v) is 5.72. The normalized spacial score (nSPS) is 18.4. The standard InChI is InChI=1S/C25H33N2O7P/c1-17(2)33-35(31,34-18(3)4)16-32-22-13-11-21(12-14-22)26-15-19(5)23(28)27(25(26)30)24(29)20-9-7-6-8-10-20/h6-11,13,15,17-18,21-22H,12,14,16H2,1-5H3/t21-,22+/m0/s1. The highest BCUT2D eigenvalue weighted by Crippen LogP contribution is 2.50. The van der Waals surface area contributed by atoms with Crippen LogP contribution in [-0.2, 0) is 18.3 Å². The number of ether oxygens (including phenoxy) is 1. The van der Waals surface area contributed by atoms with Crippen molar-refractivity contribution in [2.24, 2.45) is 0 Å². The van der Waals surface area contributed by atoms with Crippen LogP contribution in [0.15, 0.2) is 58.3 Å². The van der Waals surface area contributed by atoms with E-state index in [-0.39, 0.29) is 36.3 Å². The van der Waals surface area contributed by atoms with Crippen molar-refractivity contribution >= 4 is 13.5 Å². The smallest absolute Gasteiger partial charge is 0.356 e. The molecule has 9 nitrogen and oxygen atoms in total. The molecule has 0 radical (unpaired) electrons. The molecule has 1 aliphatic rings. The molecule has 1 aromatic heterocycles. The molecule has 2 aromatic rings. The predicted octanol–water partition coefficient (Wildman–Crippen LogP) is 4.28. The minimum absolute atomic E-state index is 0.182. The maximum atomic E-state index is 13.2. The molecule has 0 aliphatic heterocycles. The topological polar surface area (TPSA) is 106 Å². The second kappa shape index (κ2) is 11.4. The van der Waals surface area contributed by atoms with Crippen LogP contribution in [0.4, 0.5) is 0 Å². The van der Waals surface area contributed by atoms with E-state index < -0.39 is 24.8 Å². The summed E-state index contributed by atoms with van der Waals surface area (Å²) in [6.07, 6.45) is 5.07. The number of carbonyl (C=O) groups excluding carboxylic acids is 1. The Kier molecular flexibility index (Phi) is 8.83. The molecular formula is C25H33N2O7P. The number of allylic oxidation sites excluding steroid dienone is 1. The number of benzene rings is 1. The predicted molar refractivity (Wildman–Crippen MR) is 133 cm³/mol. The van der Waals surface area contributed by atoms with Crippen molar-refractivity contribution in [2.45, 2.75) is 71.8 Å². The van der Waals surface area contributed by atoms with Crippen molar-refractivity contribution in [3.05, 3.63) is 80.6 Å². The van der Waals surface area contributed by atoms with Crippen LogP contribution in [0.25, 0.3) is 0 Å². The molecule has 0 fully saturated rings. The van der Waals surface area contributed by atoms with Crippen molar-refractivity contribution < 1.29 is 23.1 Å². The SMILES string of the molecule is Cc1cn([C@H]2C=C[C@@H](OCP(=O)(OC(C)C)OC(C)C)CC2)c(=O)n(C(=O)c2ccccc2)c1=O. The van der Waals surface area contributed by atoms with Gasteiger partial charge in [-0.05, 0) is 59.6 Å². The summed E-state index contributed by atoms with van der Waals surface area (Å²) in [6, 6.07) is 7.87. The first-order chi connectivity index (χ1) is 16.5. The molecule has 1 heterocycles. The third-order valence-corrected chi connectivity index (χ3v) is 7.30. The van der Waals surface area contributed by atoms with Crippen LogP contribution < -0.4 is 11.2 Å². The molecule has 2 atom stereocenters. The van der Waals surface area contributed by atoms with Gasteiger partial charge in [-0.2, -0.15) is 4.57 Å². The van der Waals surface area contributed by atoms with E-state index in [9.17, 15) is 18.9 Å². The van der Waals surface area contributed by atoms with Crippen molar-refractivity contribution in [3.63, 3.8) is 0 Å². The largest absolute Gasteiger partial charge is 0.362 e. The first-order valence-corrected chi connectivity index (χ1v) is 13.4. The number of hydrogen-bond donors (Lipinski definition) is 0. The van der Waals surface area contributed by atoms with Gasteiger partial charge in [0.2, 0.25) is 0 Å². The molecule has 1 aromatic carbocycles. The molecule has 1 aliphatic carbocycles. The van der Waals surface area contributed by atoms with Gasteiger partial charge in [-0.15, -0.1) is 0 Å². The van der Waals surface area contributed by atoms with Gasteiger partial charge in [0.25, 0.3) is 11.5 Å². The Hall–Kier alpha value is -2.58. The average Bonchev–Trinajstić information content (AvgIpc) is 2.80. The van der Waals surface area contributed by atoms with Crippen LogP contribution in [-0.4, -0.2) is 39.7 Å². The molecule has 0 unspecified atom stereocenters. The number of carbonyl (C=O) groups is 1. The monoisotopic (exact) mass is 504 g/mol. The minimum atomic E-state index is -3.43. The summed E-state index contributed by atoms with van der Waals surface area (Å²) in [7, 11) is -3.43. The molecule has 3 rings (SSSR count). The van der Waals surface area contributed by atoms with E-state index in [1.54, 1.807) is 77.1 Å². The quantitative estimate of drug-likeness (QED) is 0.371. The fraction of sp³-hybridized carbons (Fsp3) is 0.480. The summed E-state index contributed by atoms with van der Waals surface area (Å²) in [5.41, 5.74) is -0.776. The minimum Gasteiger partial charge on any atom is -0.362 e.